The molecule has 10 heteroatoms. The van der Waals surface area contributed by atoms with Crippen LogP contribution < -0.4 is 9.62 Å². The molecule has 0 fully saturated rings. The minimum Gasteiger partial charge on any atom is -0.352 e. The van der Waals surface area contributed by atoms with E-state index in [0.29, 0.717) is 18.4 Å². The summed E-state index contributed by atoms with van der Waals surface area (Å²) in [7, 11) is -0.347. The number of hydrogen-bond acceptors (Lipinski definition) is 5. The normalized spacial score (nSPS) is 11.4. The molecule has 2 aromatic heterocycles. The highest BCUT2D eigenvalue weighted by Gasteiger charge is 2.17. The average Bonchev–Trinajstić information content (AvgIpc) is 2.98. The largest absolute Gasteiger partial charge is 0.352 e. The SMILES string of the molecule is CN(Cc1nccn1C)c1ccc(S(=O)(=O)Nc2cc(F)cc(F)c2)cn1. The minimum absolute atomic E-state index is 0.124. The fourth-order valence-corrected chi connectivity index (χ4v) is 3.41. The second-order valence-electron chi connectivity index (χ2n) is 5.93. The first-order valence-corrected chi connectivity index (χ1v) is 9.35. The lowest BCUT2D eigenvalue weighted by atomic mass is 10.3. The maximum absolute atomic E-state index is 13.2. The molecule has 0 radical (unpaired) electrons. The number of aryl methyl sites for hydroxylation is 1. The Morgan fingerprint density at radius 2 is 1.85 bits per heavy atom. The summed E-state index contributed by atoms with van der Waals surface area (Å²) in [4.78, 5) is 10.1. The zero-order valence-electron chi connectivity index (χ0n) is 14.6. The van der Waals surface area contributed by atoms with Crippen molar-refractivity contribution in [3.8, 4) is 0 Å². The third-order valence-electron chi connectivity index (χ3n) is 3.84. The first-order chi connectivity index (χ1) is 12.7. The van der Waals surface area contributed by atoms with Crippen molar-refractivity contribution >= 4 is 21.5 Å². The lowest BCUT2D eigenvalue weighted by Gasteiger charge is -2.18. The molecule has 0 saturated carbocycles. The molecule has 0 aliphatic carbocycles. The average molecular weight is 393 g/mol. The Hall–Kier alpha value is -3.01. The van der Waals surface area contributed by atoms with E-state index < -0.39 is 21.7 Å². The molecule has 0 atom stereocenters. The smallest absolute Gasteiger partial charge is 0.263 e. The van der Waals surface area contributed by atoms with Crippen molar-refractivity contribution in [3.05, 3.63) is 66.4 Å². The third kappa shape index (κ3) is 4.40. The molecular weight excluding hydrogens is 376 g/mol. The van der Waals surface area contributed by atoms with Gasteiger partial charge in [-0.05, 0) is 24.3 Å². The standard InChI is InChI=1S/C17H17F2N5O2S/c1-23-6-5-20-17(23)11-24(2)16-4-3-15(10-21-16)27(25,26)22-14-8-12(18)7-13(19)9-14/h3-10,22H,11H2,1-2H3. The molecule has 0 spiro atoms. The van der Waals surface area contributed by atoms with Crippen LogP contribution in [0.15, 0.2) is 53.8 Å². The molecule has 0 unspecified atom stereocenters. The predicted octanol–water partition coefficient (Wildman–Crippen LogP) is 2.53. The van der Waals surface area contributed by atoms with E-state index in [0.717, 1.165) is 18.0 Å². The van der Waals surface area contributed by atoms with E-state index in [4.69, 9.17) is 0 Å². The quantitative estimate of drug-likeness (QED) is 0.696. The van der Waals surface area contributed by atoms with Gasteiger partial charge in [0.2, 0.25) is 0 Å². The van der Waals surface area contributed by atoms with Crippen LogP contribution in [0.5, 0.6) is 0 Å². The fraction of sp³-hybridized carbons (Fsp3) is 0.176. The zero-order chi connectivity index (χ0) is 19.6. The number of pyridine rings is 1. The van der Waals surface area contributed by atoms with E-state index in [-0.39, 0.29) is 10.6 Å². The van der Waals surface area contributed by atoms with Crippen LogP contribution in [-0.2, 0) is 23.6 Å². The van der Waals surface area contributed by atoms with Crippen molar-refractivity contribution in [2.75, 3.05) is 16.7 Å². The Bertz CT molecular complexity index is 1030. The summed E-state index contributed by atoms with van der Waals surface area (Å²) >= 11 is 0. The Morgan fingerprint density at radius 3 is 2.41 bits per heavy atom. The van der Waals surface area contributed by atoms with Crippen molar-refractivity contribution in [2.24, 2.45) is 7.05 Å². The van der Waals surface area contributed by atoms with Gasteiger partial charge in [0.1, 0.15) is 28.2 Å². The molecular formula is C17H17F2N5O2S. The Labute approximate surface area is 155 Å². The molecule has 3 aromatic rings. The van der Waals surface area contributed by atoms with E-state index in [1.807, 2.05) is 22.7 Å². The van der Waals surface area contributed by atoms with Crippen LogP contribution in [0.25, 0.3) is 0 Å². The number of nitrogens with zero attached hydrogens (tertiary/aromatic N) is 4. The fourth-order valence-electron chi connectivity index (χ4n) is 2.43. The van der Waals surface area contributed by atoms with E-state index >= 15 is 0 Å². The van der Waals surface area contributed by atoms with Crippen LogP contribution in [0.4, 0.5) is 20.3 Å². The number of benzene rings is 1. The van der Waals surface area contributed by atoms with Gasteiger partial charge in [-0.25, -0.2) is 27.2 Å². The summed E-state index contributed by atoms with van der Waals surface area (Å²) in [5.41, 5.74) is -0.205. The molecule has 142 valence electrons. The van der Waals surface area contributed by atoms with Gasteiger partial charge in [-0.15, -0.1) is 0 Å². The van der Waals surface area contributed by atoms with Gasteiger partial charge in [0, 0.05) is 38.8 Å². The Morgan fingerprint density at radius 1 is 1.15 bits per heavy atom. The molecule has 3 rings (SSSR count). The number of halogens is 2. The monoisotopic (exact) mass is 393 g/mol. The molecule has 27 heavy (non-hydrogen) atoms. The van der Waals surface area contributed by atoms with Gasteiger partial charge < -0.3 is 9.47 Å². The third-order valence-corrected chi connectivity index (χ3v) is 5.20. The van der Waals surface area contributed by atoms with Crippen molar-refractivity contribution in [3.63, 3.8) is 0 Å². The van der Waals surface area contributed by atoms with Crippen LogP contribution in [0.3, 0.4) is 0 Å². The molecule has 0 bridgehead atoms. The topological polar surface area (TPSA) is 80.1 Å². The van der Waals surface area contributed by atoms with E-state index in [1.165, 1.54) is 12.3 Å². The summed E-state index contributed by atoms with van der Waals surface area (Å²) in [5, 5.41) is 0. The maximum atomic E-state index is 13.2. The zero-order valence-corrected chi connectivity index (χ0v) is 15.4. The van der Waals surface area contributed by atoms with Gasteiger partial charge >= 0.3 is 0 Å². The summed E-state index contributed by atoms with van der Waals surface area (Å²) in [6.45, 7) is 0.489. The summed E-state index contributed by atoms with van der Waals surface area (Å²) in [6, 6.07) is 5.36. The highest BCUT2D eigenvalue weighted by atomic mass is 32.2. The Balaban J connectivity index is 1.76. The van der Waals surface area contributed by atoms with Crippen molar-refractivity contribution in [2.45, 2.75) is 11.4 Å². The first kappa shape index (κ1) is 18.8. The second-order valence-corrected chi connectivity index (χ2v) is 7.61. The second kappa shape index (κ2) is 7.31. The van der Waals surface area contributed by atoms with E-state index in [2.05, 4.69) is 14.7 Å². The Kier molecular flexibility index (Phi) is 5.08. The van der Waals surface area contributed by atoms with Crippen LogP contribution in [0, 0.1) is 11.6 Å². The molecule has 1 aromatic carbocycles. The summed E-state index contributed by atoms with van der Waals surface area (Å²) < 4.78 is 55.2. The van der Waals surface area contributed by atoms with Gasteiger partial charge in [-0.1, -0.05) is 0 Å². The summed E-state index contributed by atoms with van der Waals surface area (Å²) in [6.07, 6.45) is 4.70. The number of rotatable bonds is 6. The van der Waals surface area contributed by atoms with Gasteiger partial charge in [-0.3, -0.25) is 4.72 Å². The highest BCUT2D eigenvalue weighted by molar-refractivity contribution is 7.92. The number of nitrogens with one attached hydrogen (secondary N) is 1. The predicted molar refractivity (Wildman–Crippen MR) is 96.7 cm³/mol. The molecule has 0 saturated heterocycles. The van der Waals surface area contributed by atoms with Gasteiger partial charge in [0.05, 0.1) is 12.2 Å². The van der Waals surface area contributed by atoms with Crippen LogP contribution >= 0.6 is 0 Å². The number of imidazole rings is 1. The van der Waals surface area contributed by atoms with Crippen LogP contribution in [-0.4, -0.2) is 30.0 Å². The van der Waals surface area contributed by atoms with Crippen LogP contribution in [0.2, 0.25) is 0 Å². The van der Waals surface area contributed by atoms with Gasteiger partial charge in [-0.2, -0.15) is 0 Å². The molecule has 1 N–H and O–H groups in total. The van der Waals surface area contributed by atoms with Crippen LogP contribution in [0.1, 0.15) is 5.82 Å². The van der Waals surface area contributed by atoms with Crippen molar-refractivity contribution in [1.29, 1.82) is 0 Å². The molecule has 2 heterocycles. The lowest BCUT2D eigenvalue weighted by Crippen LogP contribution is -2.20. The number of hydrogen-bond donors (Lipinski definition) is 1. The first-order valence-electron chi connectivity index (χ1n) is 7.87. The van der Waals surface area contributed by atoms with Crippen molar-refractivity contribution in [1.82, 2.24) is 14.5 Å². The molecule has 0 aliphatic heterocycles. The molecule has 7 nitrogen and oxygen atoms in total. The molecule has 0 aliphatic rings. The number of anilines is 2. The van der Waals surface area contributed by atoms with E-state index in [9.17, 15) is 17.2 Å². The maximum Gasteiger partial charge on any atom is 0.263 e. The lowest BCUT2D eigenvalue weighted by molar-refractivity contribution is 0.584. The highest BCUT2D eigenvalue weighted by Crippen LogP contribution is 2.20. The number of aromatic nitrogens is 3. The minimum atomic E-state index is -4.03. The van der Waals surface area contributed by atoms with Gasteiger partial charge in [0.15, 0.2) is 0 Å². The molecule has 0 amide bonds. The van der Waals surface area contributed by atoms with Crippen molar-refractivity contribution < 1.29 is 17.2 Å². The van der Waals surface area contributed by atoms with E-state index in [1.54, 1.807) is 19.3 Å². The summed E-state index contributed by atoms with van der Waals surface area (Å²) in [5.74, 6) is -0.381. The number of sulfonamides is 1. The van der Waals surface area contributed by atoms with Gasteiger partial charge in [0.25, 0.3) is 10.0 Å².